The summed E-state index contributed by atoms with van der Waals surface area (Å²) in [7, 11) is 0. The third kappa shape index (κ3) is 9.06. The number of nitrogens with zero attached hydrogens (tertiary/aromatic N) is 8. The van der Waals surface area contributed by atoms with Gasteiger partial charge in [-0.15, -0.1) is 0 Å². The van der Waals surface area contributed by atoms with E-state index in [9.17, 15) is 4.39 Å². The van der Waals surface area contributed by atoms with Gasteiger partial charge in [0.1, 0.15) is 11.6 Å². The maximum atomic E-state index is 14.3. The summed E-state index contributed by atoms with van der Waals surface area (Å²) >= 11 is 0. The van der Waals surface area contributed by atoms with Gasteiger partial charge in [0.15, 0.2) is 23.3 Å². The van der Waals surface area contributed by atoms with Crippen LogP contribution in [0.25, 0.3) is 28.1 Å². The first-order chi connectivity index (χ1) is 29.6. The molecule has 0 saturated heterocycles. The van der Waals surface area contributed by atoms with Crippen LogP contribution in [0.4, 0.5) is 4.39 Å². The first kappa shape index (κ1) is 38.8. The Morgan fingerprint density at radius 2 is 0.967 bits per heavy atom. The number of imidazole rings is 1. The minimum atomic E-state index is -0.326. The van der Waals surface area contributed by atoms with Crippen LogP contribution in [-0.4, -0.2) is 46.3 Å². The number of aliphatic imine (C=N–C) groups is 6. The second kappa shape index (κ2) is 18.5. The molecule has 0 atom stereocenters. The molecule has 0 radical (unpaired) electrons. The number of aromatic nitrogens is 2. The molecule has 290 valence electrons. The van der Waals surface area contributed by atoms with Gasteiger partial charge in [0.05, 0.1) is 24.1 Å². The fourth-order valence-corrected chi connectivity index (χ4v) is 6.76. The molecule has 0 unspecified atom stereocenters. The van der Waals surface area contributed by atoms with Gasteiger partial charge in [0, 0.05) is 33.5 Å². The molecule has 8 nitrogen and oxygen atoms in total. The van der Waals surface area contributed by atoms with Crippen LogP contribution in [0.1, 0.15) is 33.4 Å². The molecule has 0 N–H and O–H groups in total. The highest BCUT2D eigenvalue weighted by Crippen LogP contribution is 2.31. The van der Waals surface area contributed by atoms with Crippen molar-refractivity contribution in [2.45, 2.75) is 13.1 Å². The molecule has 8 aromatic rings. The maximum Gasteiger partial charge on any atom is 0.161 e. The third-order valence-corrected chi connectivity index (χ3v) is 9.64. The van der Waals surface area contributed by atoms with Gasteiger partial charge in [-0.25, -0.2) is 29.3 Å². The van der Waals surface area contributed by atoms with Crippen molar-refractivity contribution in [3.8, 4) is 17.1 Å². The van der Waals surface area contributed by atoms with E-state index < -0.39 is 0 Å². The maximum absolute atomic E-state index is 14.3. The molecule has 0 fully saturated rings. The normalized spacial score (nSPS) is 12.4. The summed E-state index contributed by atoms with van der Waals surface area (Å²) in [4.78, 5) is 34.1. The van der Waals surface area contributed by atoms with Crippen LogP contribution < -0.4 is 0 Å². The van der Waals surface area contributed by atoms with Crippen molar-refractivity contribution in [1.82, 2.24) is 9.55 Å². The Morgan fingerprint density at radius 1 is 0.483 bits per heavy atom. The van der Waals surface area contributed by atoms with Gasteiger partial charge in [-0.3, -0.25) is 14.6 Å². The van der Waals surface area contributed by atoms with Crippen LogP contribution in [0.15, 0.2) is 218 Å². The lowest BCUT2D eigenvalue weighted by atomic mass is 10.0. The Hall–Kier alpha value is -8.04. The van der Waals surface area contributed by atoms with Crippen molar-refractivity contribution in [2.75, 3.05) is 0 Å². The molecular formula is C51H39FN8. The molecule has 8 rings (SSSR count). The summed E-state index contributed by atoms with van der Waals surface area (Å²) in [6.07, 6.45) is 0. The average Bonchev–Trinajstić information content (AvgIpc) is 3.70. The van der Waals surface area contributed by atoms with E-state index in [1.807, 2.05) is 162 Å². The standard InChI is InChI=1S/C51H39FN8/c1-53-47(38-19-9-4-10-20-38)58-49(40-23-13-6-14-24-40)56-35-37-31-41(50(55-34-36-17-7-3-8-18-36)59-48(54-2)39-21-11-5-12-22-39)33-42(32-37)51-57-45-25-15-16-26-46(45)60(51)44-29-27-43(52)28-30-44/h3-33H,1-2,34-35H2. The van der Waals surface area contributed by atoms with E-state index in [1.165, 1.54) is 12.1 Å². The van der Waals surface area contributed by atoms with Crippen LogP contribution in [0, 0.1) is 5.82 Å². The number of rotatable bonds is 10. The Balaban J connectivity index is 1.34. The lowest BCUT2D eigenvalue weighted by Gasteiger charge is -2.13. The highest BCUT2D eigenvalue weighted by Gasteiger charge is 2.18. The van der Waals surface area contributed by atoms with Gasteiger partial charge < -0.3 is 0 Å². The van der Waals surface area contributed by atoms with Crippen molar-refractivity contribution in [3.63, 3.8) is 0 Å². The average molecular weight is 783 g/mol. The van der Waals surface area contributed by atoms with E-state index in [4.69, 9.17) is 25.0 Å². The zero-order valence-electron chi connectivity index (χ0n) is 32.7. The fourth-order valence-electron chi connectivity index (χ4n) is 6.76. The van der Waals surface area contributed by atoms with Gasteiger partial charge in [-0.05, 0) is 79.2 Å². The summed E-state index contributed by atoms with van der Waals surface area (Å²) in [5, 5.41) is 0. The Morgan fingerprint density at radius 3 is 1.53 bits per heavy atom. The summed E-state index contributed by atoms with van der Waals surface area (Å²) in [5.41, 5.74) is 8.20. The zero-order valence-corrected chi connectivity index (χ0v) is 32.7. The number of hydrogen-bond donors (Lipinski definition) is 0. The molecule has 0 aliphatic heterocycles. The SMILES string of the molecule is C=NC(=NC(=NCc1cc(C(=NCc2ccccc2)N=C(N=C)c2ccccc2)cc(-c2nc3ccccc3n2-c2ccc(F)cc2)c1)c1ccccc1)c1ccccc1. The first-order valence-corrected chi connectivity index (χ1v) is 19.3. The molecule has 0 spiro atoms. The fraction of sp³-hybridized carbons (Fsp3) is 0.0392. The smallest absolute Gasteiger partial charge is 0.161 e. The number of halogens is 1. The summed E-state index contributed by atoms with van der Waals surface area (Å²) in [5.74, 6) is 2.14. The van der Waals surface area contributed by atoms with E-state index in [1.54, 1.807) is 12.1 Å². The second-order valence-electron chi connectivity index (χ2n) is 13.7. The topological polar surface area (TPSA) is 92.0 Å². The predicted octanol–water partition coefficient (Wildman–Crippen LogP) is 11.0. The molecule has 0 aliphatic rings. The molecular weight excluding hydrogens is 744 g/mol. The summed E-state index contributed by atoms with van der Waals surface area (Å²) < 4.78 is 16.3. The largest absolute Gasteiger partial charge is 0.292 e. The Kier molecular flexibility index (Phi) is 12.0. The van der Waals surface area contributed by atoms with Crippen molar-refractivity contribution < 1.29 is 4.39 Å². The van der Waals surface area contributed by atoms with Crippen LogP contribution in [0.3, 0.4) is 0 Å². The van der Waals surface area contributed by atoms with Gasteiger partial charge >= 0.3 is 0 Å². The third-order valence-electron chi connectivity index (χ3n) is 9.64. The van der Waals surface area contributed by atoms with Crippen molar-refractivity contribution in [1.29, 1.82) is 0 Å². The molecule has 1 heterocycles. The van der Waals surface area contributed by atoms with Crippen molar-refractivity contribution >= 4 is 47.8 Å². The number of benzene rings is 7. The number of amidine groups is 4. The van der Waals surface area contributed by atoms with Crippen molar-refractivity contribution in [2.24, 2.45) is 30.0 Å². The summed E-state index contributed by atoms with van der Waals surface area (Å²) in [6.45, 7) is 8.29. The Labute approximate surface area is 348 Å². The van der Waals surface area contributed by atoms with Crippen LogP contribution in [-0.2, 0) is 13.1 Å². The van der Waals surface area contributed by atoms with Gasteiger partial charge in [0.25, 0.3) is 0 Å². The molecule has 1 aromatic heterocycles. The van der Waals surface area contributed by atoms with Gasteiger partial charge in [0.2, 0.25) is 0 Å². The molecule has 0 bridgehead atoms. The second-order valence-corrected chi connectivity index (χ2v) is 13.7. The quantitative estimate of drug-likeness (QED) is 0.100. The lowest BCUT2D eigenvalue weighted by Crippen LogP contribution is -2.08. The lowest BCUT2D eigenvalue weighted by molar-refractivity contribution is 0.627. The molecule has 0 saturated carbocycles. The molecule has 7 aromatic carbocycles. The monoisotopic (exact) mass is 782 g/mol. The van der Waals surface area contributed by atoms with E-state index in [0.717, 1.165) is 50.1 Å². The highest BCUT2D eigenvalue weighted by molar-refractivity contribution is 6.14. The number of para-hydroxylation sites is 2. The molecule has 0 amide bonds. The van der Waals surface area contributed by atoms with Crippen LogP contribution in [0.2, 0.25) is 0 Å². The van der Waals surface area contributed by atoms with Gasteiger partial charge in [-0.1, -0.05) is 133 Å². The summed E-state index contributed by atoms with van der Waals surface area (Å²) in [6, 6.07) is 59.6. The van der Waals surface area contributed by atoms with E-state index in [2.05, 4.69) is 29.5 Å². The highest BCUT2D eigenvalue weighted by atomic mass is 19.1. The van der Waals surface area contributed by atoms with E-state index in [-0.39, 0.29) is 12.4 Å². The van der Waals surface area contributed by atoms with Crippen LogP contribution in [0.5, 0.6) is 0 Å². The molecule has 0 aliphatic carbocycles. The molecule has 9 heteroatoms. The minimum Gasteiger partial charge on any atom is -0.292 e. The van der Waals surface area contributed by atoms with Crippen molar-refractivity contribution in [3.05, 3.63) is 227 Å². The number of hydrogen-bond acceptors (Lipinski definition) is 3. The predicted molar refractivity (Wildman–Crippen MR) is 245 cm³/mol. The molecule has 60 heavy (non-hydrogen) atoms. The Bertz CT molecular complexity index is 2880. The first-order valence-electron chi connectivity index (χ1n) is 19.3. The van der Waals surface area contributed by atoms with Crippen LogP contribution >= 0.6 is 0 Å². The zero-order chi connectivity index (χ0) is 41.1. The van der Waals surface area contributed by atoms with Gasteiger partial charge in [-0.2, -0.15) is 0 Å². The van der Waals surface area contributed by atoms with E-state index >= 15 is 0 Å². The van der Waals surface area contributed by atoms with E-state index in [0.29, 0.717) is 41.3 Å². The number of fused-ring (bicyclic) bond motifs is 1. The minimum absolute atomic E-state index is 0.228.